The summed E-state index contributed by atoms with van der Waals surface area (Å²) in [4.78, 5) is 32.9. The predicted octanol–water partition coefficient (Wildman–Crippen LogP) is 6.50. The number of unbranched alkanes of at least 4 members (excludes halogenated alkanes) is 1. The van der Waals surface area contributed by atoms with Gasteiger partial charge in [0.1, 0.15) is 17.3 Å². The molecular formula is C30H28N2O5S. The molecule has 8 heteroatoms. The van der Waals surface area contributed by atoms with Crippen LogP contribution in [0.25, 0.3) is 16.0 Å². The summed E-state index contributed by atoms with van der Waals surface area (Å²) in [5.41, 5.74) is 1.84. The smallest absolute Gasteiger partial charge is 0.301 e. The highest BCUT2D eigenvalue weighted by Gasteiger charge is 2.48. The van der Waals surface area contributed by atoms with Gasteiger partial charge in [0, 0.05) is 5.56 Å². The van der Waals surface area contributed by atoms with Gasteiger partial charge in [-0.2, -0.15) is 0 Å². The lowest BCUT2D eigenvalue weighted by molar-refractivity contribution is -0.132. The van der Waals surface area contributed by atoms with Gasteiger partial charge in [-0.3, -0.25) is 14.5 Å². The first-order valence-electron chi connectivity index (χ1n) is 12.6. The van der Waals surface area contributed by atoms with Crippen molar-refractivity contribution in [2.75, 3.05) is 18.1 Å². The Bertz CT molecular complexity index is 1490. The van der Waals surface area contributed by atoms with Crippen molar-refractivity contribution < 1.29 is 24.2 Å². The zero-order valence-corrected chi connectivity index (χ0v) is 22.0. The maximum Gasteiger partial charge on any atom is 0.301 e. The number of thiazole rings is 1. The van der Waals surface area contributed by atoms with Gasteiger partial charge in [0.2, 0.25) is 0 Å². The number of nitrogens with zero attached hydrogens (tertiary/aromatic N) is 2. The highest BCUT2D eigenvalue weighted by atomic mass is 32.1. The summed E-state index contributed by atoms with van der Waals surface area (Å²) >= 11 is 1.30. The Balaban J connectivity index is 1.62. The molecule has 1 amide bonds. The van der Waals surface area contributed by atoms with Crippen molar-refractivity contribution in [2.45, 2.75) is 32.7 Å². The number of hydrogen-bond acceptors (Lipinski definition) is 7. The van der Waals surface area contributed by atoms with Crippen LogP contribution in [0.4, 0.5) is 5.13 Å². The number of carbonyl (C=O) groups is 2. The first-order valence-corrected chi connectivity index (χ1v) is 13.5. The lowest BCUT2D eigenvalue weighted by Crippen LogP contribution is -2.29. The molecule has 1 atom stereocenters. The van der Waals surface area contributed by atoms with Gasteiger partial charge in [-0.25, -0.2) is 4.98 Å². The Kier molecular flexibility index (Phi) is 7.42. The van der Waals surface area contributed by atoms with Crippen molar-refractivity contribution >= 4 is 44.1 Å². The van der Waals surface area contributed by atoms with Crippen LogP contribution in [-0.4, -0.2) is 35.0 Å². The largest absolute Gasteiger partial charge is 0.507 e. The fourth-order valence-electron chi connectivity index (χ4n) is 4.43. The highest BCUT2D eigenvalue weighted by Crippen LogP contribution is 2.44. The topological polar surface area (TPSA) is 89.0 Å². The molecule has 0 radical (unpaired) electrons. The molecule has 1 aromatic heterocycles. The Morgan fingerprint density at radius 2 is 1.71 bits per heavy atom. The van der Waals surface area contributed by atoms with E-state index in [2.05, 4.69) is 11.9 Å². The van der Waals surface area contributed by atoms with Crippen molar-refractivity contribution in [3.05, 3.63) is 89.5 Å². The molecule has 7 nitrogen and oxygen atoms in total. The van der Waals surface area contributed by atoms with Crippen molar-refractivity contribution in [3.63, 3.8) is 0 Å². The molecule has 38 heavy (non-hydrogen) atoms. The van der Waals surface area contributed by atoms with E-state index >= 15 is 0 Å². The van der Waals surface area contributed by atoms with Crippen LogP contribution < -0.4 is 14.4 Å². The molecule has 1 aliphatic heterocycles. The number of aliphatic hydroxyl groups is 1. The molecule has 3 aromatic carbocycles. The third kappa shape index (κ3) is 4.87. The summed E-state index contributed by atoms with van der Waals surface area (Å²) in [5, 5.41) is 11.6. The van der Waals surface area contributed by atoms with Crippen LogP contribution in [0, 0.1) is 0 Å². The van der Waals surface area contributed by atoms with E-state index < -0.39 is 17.7 Å². The predicted molar refractivity (Wildman–Crippen MR) is 149 cm³/mol. The van der Waals surface area contributed by atoms with E-state index in [0.29, 0.717) is 46.5 Å². The second kappa shape index (κ2) is 11.1. The summed E-state index contributed by atoms with van der Waals surface area (Å²) < 4.78 is 12.2. The van der Waals surface area contributed by atoms with Gasteiger partial charge in [-0.05, 0) is 49.2 Å². The minimum absolute atomic E-state index is 0.0233. The van der Waals surface area contributed by atoms with Gasteiger partial charge in [-0.15, -0.1) is 0 Å². The van der Waals surface area contributed by atoms with E-state index in [9.17, 15) is 14.7 Å². The molecule has 0 bridgehead atoms. The second-order valence-corrected chi connectivity index (χ2v) is 9.87. The minimum atomic E-state index is -0.855. The molecule has 0 spiro atoms. The Morgan fingerprint density at radius 3 is 2.42 bits per heavy atom. The lowest BCUT2D eigenvalue weighted by atomic mass is 9.95. The Morgan fingerprint density at radius 1 is 0.974 bits per heavy atom. The van der Waals surface area contributed by atoms with Crippen LogP contribution in [0.1, 0.15) is 43.9 Å². The monoisotopic (exact) mass is 528 g/mol. The van der Waals surface area contributed by atoms with Crippen LogP contribution in [0.15, 0.2) is 78.4 Å². The summed E-state index contributed by atoms with van der Waals surface area (Å²) in [6.45, 7) is 5.15. The molecule has 2 heterocycles. The van der Waals surface area contributed by atoms with Gasteiger partial charge < -0.3 is 14.6 Å². The average molecular weight is 529 g/mol. The highest BCUT2D eigenvalue weighted by molar-refractivity contribution is 7.22. The molecule has 0 saturated carbocycles. The third-order valence-electron chi connectivity index (χ3n) is 6.32. The number of aliphatic hydroxyl groups excluding tert-OH is 1. The number of hydrogen-bond donors (Lipinski definition) is 1. The summed E-state index contributed by atoms with van der Waals surface area (Å²) in [7, 11) is 0. The van der Waals surface area contributed by atoms with E-state index in [1.807, 2.05) is 55.5 Å². The third-order valence-corrected chi connectivity index (χ3v) is 7.34. The van der Waals surface area contributed by atoms with Gasteiger partial charge >= 0.3 is 5.91 Å². The number of anilines is 1. The number of ether oxygens (including phenoxy) is 2. The van der Waals surface area contributed by atoms with Crippen LogP contribution >= 0.6 is 11.3 Å². The number of benzene rings is 3. The molecule has 0 aliphatic carbocycles. The molecule has 194 valence electrons. The van der Waals surface area contributed by atoms with Gasteiger partial charge in [0.25, 0.3) is 5.78 Å². The van der Waals surface area contributed by atoms with Gasteiger partial charge in [0.05, 0.1) is 35.0 Å². The van der Waals surface area contributed by atoms with Crippen LogP contribution in [0.2, 0.25) is 0 Å². The number of aromatic nitrogens is 1. The van der Waals surface area contributed by atoms with E-state index in [4.69, 9.17) is 9.47 Å². The summed E-state index contributed by atoms with van der Waals surface area (Å²) in [5.74, 6) is -0.310. The van der Waals surface area contributed by atoms with E-state index in [-0.39, 0.29) is 11.3 Å². The number of ketones is 1. The van der Waals surface area contributed by atoms with Crippen molar-refractivity contribution in [1.29, 1.82) is 0 Å². The summed E-state index contributed by atoms with van der Waals surface area (Å²) in [6.07, 6.45) is 1.97. The van der Waals surface area contributed by atoms with Crippen molar-refractivity contribution in [1.82, 2.24) is 4.98 Å². The van der Waals surface area contributed by atoms with Gasteiger partial charge in [-0.1, -0.05) is 67.1 Å². The normalized spacial score (nSPS) is 16.8. The number of Topliss-reactive ketones (excluding diaryl/α,β-unsaturated/α-hetero) is 1. The zero-order valence-electron chi connectivity index (χ0n) is 21.2. The van der Waals surface area contributed by atoms with E-state index in [1.54, 1.807) is 24.3 Å². The summed E-state index contributed by atoms with van der Waals surface area (Å²) in [6, 6.07) is 20.7. The number of amides is 1. The molecule has 1 aliphatic rings. The molecule has 4 aromatic rings. The standard InChI is InChI=1S/C30H28N2O5S/c1-3-5-17-37-21-13-11-19(12-14-21)26-25(27(33)20-9-7-6-8-10-20)28(34)29(35)32(26)30-31-23-16-15-22(36-4-2)18-24(23)38-30/h6-16,18,26,33H,3-5,17H2,1-2H3/b27-25+. The number of rotatable bonds is 9. The molecule has 1 N–H and O–H groups in total. The fourth-order valence-corrected chi connectivity index (χ4v) is 5.45. The zero-order chi connectivity index (χ0) is 26.6. The molecule has 1 unspecified atom stereocenters. The maximum absolute atomic E-state index is 13.5. The van der Waals surface area contributed by atoms with Crippen LogP contribution in [-0.2, 0) is 9.59 Å². The SMILES string of the molecule is CCCCOc1ccc(C2/C(=C(\O)c3ccccc3)C(=O)C(=O)N2c2nc3ccc(OCC)cc3s2)cc1. The second-order valence-electron chi connectivity index (χ2n) is 8.87. The van der Waals surface area contributed by atoms with Crippen LogP contribution in [0.3, 0.4) is 0 Å². The lowest BCUT2D eigenvalue weighted by Gasteiger charge is -2.23. The first-order chi connectivity index (χ1) is 18.5. The molecule has 5 rings (SSSR count). The fraction of sp³-hybridized carbons (Fsp3) is 0.233. The molecule has 1 fully saturated rings. The average Bonchev–Trinajstić information content (AvgIpc) is 3.47. The number of fused-ring (bicyclic) bond motifs is 1. The first kappa shape index (κ1) is 25.5. The quantitative estimate of drug-likeness (QED) is 0.115. The van der Waals surface area contributed by atoms with Gasteiger partial charge in [0.15, 0.2) is 5.13 Å². The van der Waals surface area contributed by atoms with E-state index in [1.165, 1.54) is 16.2 Å². The van der Waals surface area contributed by atoms with Crippen LogP contribution in [0.5, 0.6) is 11.5 Å². The minimum Gasteiger partial charge on any atom is -0.507 e. The molecular weight excluding hydrogens is 500 g/mol. The molecule has 1 saturated heterocycles. The number of carbonyl (C=O) groups excluding carboxylic acids is 2. The Hall–Kier alpha value is -4.17. The van der Waals surface area contributed by atoms with Crippen molar-refractivity contribution in [2.24, 2.45) is 0 Å². The van der Waals surface area contributed by atoms with Crippen molar-refractivity contribution in [3.8, 4) is 11.5 Å². The Labute approximate surface area is 225 Å². The van der Waals surface area contributed by atoms with E-state index in [0.717, 1.165) is 17.5 Å². The maximum atomic E-state index is 13.5.